The van der Waals surface area contributed by atoms with E-state index >= 15 is 0 Å². The summed E-state index contributed by atoms with van der Waals surface area (Å²) in [5.41, 5.74) is 2.30. The lowest BCUT2D eigenvalue weighted by Crippen LogP contribution is -2.12. The lowest BCUT2D eigenvalue weighted by atomic mass is 10.1. The Kier molecular flexibility index (Phi) is 4.96. The molecule has 1 aromatic heterocycles. The van der Waals surface area contributed by atoms with Crippen LogP contribution in [0.2, 0.25) is 0 Å². The van der Waals surface area contributed by atoms with Crippen LogP contribution in [-0.4, -0.2) is 17.1 Å². The topological polar surface area (TPSA) is 67.0 Å². The Morgan fingerprint density at radius 3 is 2.71 bits per heavy atom. The highest BCUT2D eigenvalue weighted by molar-refractivity contribution is 9.10. The van der Waals surface area contributed by atoms with E-state index in [1.807, 2.05) is 48.5 Å². The largest absolute Gasteiger partial charge is 0.497 e. The van der Waals surface area contributed by atoms with Crippen LogP contribution in [0.1, 0.15) is 5.56 Å². The number of aromatic amines is 1. The van der Waals surface area contributed by atoms with Crippen LogP contribution in [0, 0.1) is 0 Å². The van der Waals surface area contributed by atoms with Crippen LogP contribution < -0.4 is 15.6 Å². The maximum absolute atomic E-state index is 11.9. The second-order valence-corrected chi connectivity index (χ2v) is 6.11. The van der Waals surface area contributed by atoms with Crippen molar-refractivity contribution in [2.45, 2.75) is 6.54 Å². The maximum Gasteiger partial charge on any atom is 0.252 e. The van der Waals surface area contributed by atoms with Gasteiger partial charge in [0.2, 0.25) is 5.95 Å². The Balaban J connectivity index is 1.83. The average Bonchev–Trinajstić information content (AvgIpc) is 2.61. The van der Waals surface area contributed by atoms with Crippen molar-refractivity contribution in [3.63, 3.8) is 0 Å². The molecule has 0 aliphatic carbocycles. The van der Waals surface area contributed by atoms with Crippen LogP contribution in [-0.2, 0) is 6.54 Å². The van der Waals surface area contributed by atoms with Crippen molar-refractivity contribution < 1.29 is 4.74 Å². The lowest BCUT2D eigenvalue weighted by molar-refractivity contribution is 0.415. The second kappa shape index (κ2) is 7.31. The van der Waals surface area contributed by atoms with Gasteiger partial charge in [-0.15, -0.1) is 0 Å². The predicted octanol–water partition coefficient (Wildman–Crippen LogP) is 3.82. The van der Waals surface area contributed by atoms with Crippen LogP contribution >= 0.6 is 15.9 Å². The third-order valence-electron chi connectivity index (χ3n) is 3.48. The normalized spacial score (nSPS) is 10.4. The fourth-order valence-corrected chi connectivity index (χ4v) is 2.52. The molecular formula is C18H16BrN3O2. The van der Waals surface area contributed by atoms with Crippen molar-refractivity contribution in [3.05, 3.63) is 75.0 Å². The number of H-pyrrole nitrogens is 1. The van der Waals surface area contributed by atoms with Crippen LogP contribution in [0.4, 0.5) is 5.95 Å². The minimum absolute atomic E-state index is 0.207. The van der Waals surface area contributed by atoms with E-state index < -0.39 is 0 Å². The first-order valence-electron chi connectivity index (χ1n) is 7.38. The minimum atomic E-state index is -0.207. The molecule has 0 aliphatic rings. The van der Waals surface area contributed by atoms with Gasteiger partial charge in [0.25, 0.3) is 5.56 Å². The summed E-state index contributed by atoms with van der Waals surface area (Å²) >= 11 is 3.41. The summed E-state index contributed by atoms with van der Waals surface area (Å²) in [6.07, 6.45) is 0. The molecule has 2 aromatic carbocycles. The highest BCUT2D eigenvalue weighted by atomic mass is 79.9. The van der Waals surface area contributed by atoms with Gasteiger partial charge in [0, 0.05) is 22.6 Å². The van der Waals surface area contributed by atoms with Crippen LogP contribution in [0.5, 0.6) is 5.75 Å². The molecule has 0 saturated heterocycles. The quantitative estimate of drug-likeness (QED) is 0.700. The number of nitrogens with one attached hydrogen (secondary N) is 2. The molecule has 0 spiro atoms. The zero-order valence-corrected chi connectivity index (χ0v) is 14.6. The number of halogens is 1. The summed E-state index contributed by atoms with van der Waals surface area (Å²) in [6, 6.07) is 16.9. The molecule has 0 amide bonds. The molecule has 0 fully saturated rings. The minimum Gasteiger partial charge on any atom is -0.497 e. The fourth-order valence-electron chi connectivity index (χ4n) is 2.26. The average molecular weight is 386 g/mol. The first-order valence-corrected chi connectivity index (χ1v) is 8.17. The van der Waals surface area contributed by atoms with E-state index in [1.165, 1.54) is 6.07 Å². The summed E-state index contributed by atoms with van der Waals surface area (Å²) in [7, 11) is 1.61. The van der Waals surface area contributed by atoms with E-state index in [1.54, 1.807) is 7.11 Å². The van der Waals surface area contributed by atoms with E-state index in [0.29, 0.717) is 18.2 Å². The molecule has 0 radical (unpaired) electrons. The van der Waals surface area contributed by atoms with Gasteiger partial charge in [-0.05, 0) is 29.8 Å². The van der Waals surface area contributed by atoms with Crippen molar-refractivity contribution in [2.24, 2.45) is 0 Å². The van der Waals surface area contributed by atoms with E-state index in [9.17, 15) is 4.79 Å². The Hall–Kier alpha value is -2.60. The van der Waals surface area contributed by atoms with Gasteiger partial charge in [-0.1, -0.05) is 40.2 Å². The molecule has 122 valence electrons. The predicted molar refractivity (Wildman–Crippen MR) is 98.3 cm³/mol. The number of anilines is 1. The van der Waals surface area contributed by atoms with Crippen molar-refractivity contribution >= 4 is 21.9 Å². The number of nitrogens with zero attached hydrogens (tertiary/aromatic N) is 1. The highest BCUT2D eigenvalue weighted by Gasteiger charge is 2.05. The highest BCUT2D eigenvalue weighted by Crippen LogP contribution is 2.21. The van der Waals surface area contributed by atoms with Gasteiger partial charge in [-0.3, -0.25) is 9.78 Å². The van der Waals surface area contributed by atoms with E-state index in [2.05, 4.69) is 31.2 Å². The SMILES string of the molecule is COc1cccc(-c2cc(=O)[nH]c(NCc3ccc(Br)cc3)n2)c1. The van der Waals surface area contributed by atoms with Gasteiger partial charge in [-0.2, -0.15) is 0 Å². The molecule has 5 nitrogen and oxygen atoms in total. The van der Waals surface area contributed by atoms with Gasteiger partial charge in [0.15, 0.2) is 0 Å². The molecule has 0 bridgehead atoms. The van der Waals surface area contributed by atoms with Gasteiger partial charge in [0.1, 0.15) is 5.75 Å². The maximum atomic E-state index is 11.9. The van der Waals surface area contributed by atoms with Crippen molar-refractivity contribution in [2.75, 3.05) is 12.4 Å². The summed E-state index contributed by atoms with van der Waals surface area (Å²) in [6.45, 7) is 0.567. The first-order chi connectivity index (χ1) is 11.6. The molecule has 2 N–H and O–H groups in total. The monoisotopic (exact) mass is 385 g/mol. The number of aromatic nitrogens is 2. The first kappa shape index (κ1) is 16.3. The van der Waals surface area contributed by atoms with E-state index in [-0.39, 0.29) is 5.56 Å². The number of methoxy groups -OCH3 is 1. The lowest BCUT2D eigenvalue weighted by Gasteiger charge is -2.08. The number of benzene rings is 2. The Labute approximate surface area is 147 Å². The van der Waals surface area contributed by atoms with Gasteiger partial charge in [0.05, 0.1) is 12.8 Å². The van der Waals surface area contributed by atoms with Gasteiger partial charge in [-0.25, -0.2) is 4.98 Å². The summed E-state index contributed by atoms with van der Waals surface area (Å²) in [4.78, 5) is 19.1. The molecule has 3 aromatic rings. The Bertz CT molecular complexity index is 891. The zero-order valence-electron chi connectivity index (χ0n) is 13.0. The fraction of sp³-hybridized carbons (Fsp3) is 0.111. The summed E-state index contributed by atoms with van der Waals surface area (Å²) < 4.78 is 6.24. The van der Waals surface area contributed by atoms with Gasteiger partial charge < -0.3 is 10.1 Å². The van der Waals surface area contributed by atoms with Crippen LogP contribution in [0.15, 0.2) is 63.9 Å². The van der Waals surface area contributed by atoms with Gasteiger partial charge >= 0.3 is 0 Å². The van der Waals surface area contributed by atoms with Crippen molar-refractivity contribution in [1.82, 2.24) is 9.97 Å². The van der Waals surface area contributed by atoms with Crippen LogP contribution in [0.25, 0.3) is 11.3 Å². The number of rotatable bonds is 5. The molecule has 0 atom stereocenters. The Morgan fingerprint density at radius 1 is 1.17 bits per heavy atom. The molecule has 0 saturated carbocycles. The van der Waals surface area contributed by atoms with E-state index in [4.69, 9.17) is 4.74 Å². The Morgan fingerprint density at radius 2 is 1.96 bits per heavy atom. The zero-order chi connectivity index (χ0) is 16.9. The van der Waals surface area contributed by atoms with Crippen molar-refractivity contribution in [3.8, 4) is 17.0 Å². The summed E-state index contributed by atoms with van der Waals surface area (Å²) in [5, 5.41) is 3.15. The molecule has 6 heteroatoms. The summed E-state index contributed by atoms with van der Waals surface area (Å²) in [5.74, 6) is 1.15. The van der Waals surface area contributed by atoms with Crippen LogP contribution in [0.3, 0.4) is 0 Å². The third kappa shape index (κ3) is 4.02. The molecule has 0 aliphatic heterocycles. The molecule has 1 heterocycles. The standard InChI is InChI=1S/C18H16BrN3O2/c1-24-15-4-2-3-13(9-15)16-10-17(23)22-18(21-16)20-11-12-5-7-14(19)8-6-12/h2-10H,11H2,1H3,(H2,20,21,22,23). The van der Waals surface area contributed by atoms with E-state index in [0.717, 1.165) is 21.3 Å². The molecule has 0 unspecified atom stereocenters. The number of ether oxygens (including phenoxy) is 1. The second-order valence-electron chi connectivity index (χ2n) is 5.19. The molecule has 24 heavy (non-hydrogen) atoms. The molecule has 3 rings (SSSR count). The van der Waals surface area contributed by atoms with Crippen molar-refractivity contribution in [1.29, 1.82) is 0 Å². The number of hydrogen-bond acceptors (Lipinski definition) is 4. The third-order valence-corrected chi connectivity index (χ3v) is 4.01. The smallest absolute Gasteiger partial charge is 0.252 e. The number of hydrogen-bond donors (Lipinski definition) is 2. The molecular weight excluding hydrogens is 370 g/mol.